The summed E-state index contributed by atoms with van der Waals surface area (Å²) in [6.07, 6.45) is 0. The van der Waals surface area contributed by atoms with E-state index in [-0.39, 0.29) is 6.61 Å². The first-order valence-corrected chi connectivity index (χ1v) is 6.00. The van der Waals surface area contributed by atoms with Gasteiger partial charge in [-0.25, -0.2) is 13.6 Å². The van der Waals surface area contributed by atoms with Gasteiger partial charge in [-0.15, -0.1) is 0 Å². The molecule has 1 N–H and O–H groups in total. The van der Waals surface area contributed by atoms with Crippen molar-refractivity contribution in [2.45, 2.75) is 6.61 Å². The average molecular weight is 294 g/mol. The van der Waals surface area contributed by atoms with Crippen LogP contribution in [0.3, 0.4) is 0 Å². The molecule has 110 valence electrons. The molecule has 0 amide bonds. The average Bonchev–Trinajstić information content (AvgIpc) is 2.48. The molecule has 2 aromatic carbocycles. The summed E-state index contributed by atoms with van der Waals surface area (Å²) in [7, 11) is 1.15. The van der Waals surface area contributed by atoms with E-state index in [4.69, 9.17) is 14.6 Å². The number of hydrogen-bond acceptors (Lipinski definition) is 3. The molecule has 0 aliphatic rings. The number of rotatable bonds is 5. The number of halogens is 2. The van der Waals surface area contributed by atoms with Crippen LogP contribution < -0.4 is 9.47 Å². The van der Waals surface area contributed by atoms with Crippen molar-refractivity contribution < 1.29 is 28.2 Å². The van der Waals surface area contributed by atoms with Crippen molar-refractivity contribution in [1.82, 2.24) is 0 Å². The molecular weight excluding hydrogens is 282 g/mol. The molecule has 0 fully saturated rings. The van der Waals surface area contributed by atoms with E-state index in [0.717, 1.165) is 12.7 Å². The van der Waals surface area contributed by atoms with Gasteiger partial charge in [0.15, 0.2) is 17.4 Å². The van der Waals surface area contributed by atoms with Gasteiger partial charge >= 0.3 is 5.97 Å². The van der Waals surface area contributed by atoms with E-state index in [1.54, 1.807) is 30.3 Å². The van der Waals surface area contributed by atoms with Gasteiger partial charge in [-0.2, -0.15) is 0 Å². The Morgan fingerprint density at radius 1 is 1.19 bits per heavy atom. The van der Waals surface area contributed by atoms with Crippen molar-refractivity contribution in [3.8, 4) is 11.5 Å². The second kappa shape index (κ2) is 6.21. The van der Waals surface area contributed by atoms with Crippen LogP contribution in [0.4, 0.5) is 8.78 Å². The first kappa shape index (κ1) is 14.8. The third-order valence-corrected chi connectivity index (χ3v) is 2.79. The minimum Gasteiger partial charge on any atom is -0.490 e. The fourth-order valence-electron chi connectivity index (χ4n) is 1.79. The normalized spacial score (nSPS) is 10.2. The van der Waals surface area contributed by atoms with E-state index in [1.165, 1.54) is 0 Å². The van der Waals surface area contributed by atoms with Gasteiger partial charge in [-0.05, 0) is 11.6 Å². The summed E-state index contributed by atoms with van der Waals surface area (Å²) in [5, 5.41) is 8.86. The Hall–Kier alpha value is -2.63. The lowest BCUT2D eigenvalue weighted by Crippen LogP contribution is -2.08. The van der Waals surface area contributed by atoms with Crippen LogP contribution >= 0.6 is 0 Å². The van der Waals surface area contributed by atoms with Crippen molar-refractivity contribution in [2.75, 3.05) is 7.11 Å². The quantitative estimate of drug-likeness (QED) is 0.919. The summed E-state index contributed by atoms with van der Waals surface area (Å²) in [6, 6.07) is 9.37. The van der Waals surface area contributed by atoms with Crippen molar-refractivity contribution in [3.63, 3.8) is 0 Å². The monoisotopic (exact) mass is 294 g/mol. The summed E-state index contributed by atoms with van der Waals surface area (Å²) < 4.78 is 37.8. The van der Waals surface area contributed by atoms with Gasteiger partial charge in [-0.3, -0.25) is 0 Å². The first-order valence-electron chi connectivity index (χ1n) is 6.00. The van der Waals surface area contributed by atoms with E-state index < -0.39 is 34.7 Å². The van der Waals surface area contributed by atoms with Crippen LogP contribution in [-0.4, -0.2) is 18.2 Å². The molecule has 0 aliphatic carbocycles. The number of carboxylic acid groups (broad SMARTS) is 1. The largest absolute Gasteiger partial charge is 0.490 e. The van der Waals surface area contributed by atoms with E-state index in [9.17, 15) is 13.6 Å². The maximum absolute atomic E-state index is 14.1. The van der Waals surface area contributed by atoms with Crippen molar-refractivity contribution in [2.24, 2.45) is 0 Å². The molecule has 0 atom stereocenters. The molecule has 2 aromatic rings. The van der Waals surface area contributed by atoms with E-state index in [1.807, 2.05) is 0 Å². The highest BCUT2D eigenvalue weighted by atomic mass is 19.1. The molecule has 0 unspecified atom stereocenters. The van der Waals surface area contributed by atoms with Crippen LogP contribution in [0.5, 0.6) is 11.5 Å². The predicted molar refractivity (Wildman–Crippen MR) is 70.6 cm³/mol. The highest BCUT2D eigenvalue weighted by Gasteiger charge is 2.24. The van der Waals surface area contributed by atoms with Crippen LogP contribution in [0.25, 0.3) is 0 Å². The van der Waals surface area contributed by atoms with E-state index >= 15 is 0 Å². The van der Waals surface area contributed by atoms with Crippen LogP contribution in [0.2, 0.25) is 0 Å². The molecule has 0 bridgehead atoms. The van der Waals surface area contributed by atoms with Crippen LogP contribution in [0, 0.1) is 11.6 Å². The maximum Gasteiger partial charge on any atom is 0.338 e. The molecule has 0 saturated carbocycles. The fourth-order valence-corrected chi connectivity index (χ4v) is 1.79. The Balaban J connectivity index is 2.38. The molecule has 0 spiro atoms. The standard InChI is InChI=1S/C15H12F2O4/c1-20-13-11(16)7-10(15(18)19)12(17)14(13)21-8-9-5-3-2-4-6-9/h2-7H,8H2,1H3,(H,18,19). The molecule has 0 radical (unpaired) electrons. The van der Waals surface area contributed by atoms with Gasteiger partial charge in [0.25, 0.3) is 0 Å². The number of carboxylic acids is 1. The SMILES string of the molecule is COc1c(F)cc(C(=O)O)c(F)c1OCc1ccccc1. The fraction of sp³-hybridized carbons (Fsp3) is 0.133. The Kier molecular flexibility index (Phi) is 4.37. The lowest BCUT2D eigenvalue weighted by Gasteiger charge is -2.13. The predicted octanol–water partition coefficient (Wildman–Crippen LogP) is 3.25. The van der Waals surface area contributed by atoms with Crippen LogP contribution in [-0.2, 0) is 6.61 Å². The van der Waals surface area contributed by atoms with Crippen LogP contribution in [0.15, 0.2) is 36.4 Å². The molecule has 0 aliphatic heterocycles. The molecule has 2 rings (SSSR count). The molecule has 21 heavy (non-hydrogen) atoms. The lowest BCUT2D eigenvalue weighted by atomic mass is 10.1. The highest BCUT2D eigenvalue weighted by molar-refractivity contribution is 5.89. The molecule has 0 heterocycles. The third kappa shape index (κ3) is 3.10. The lowest BCUT2D eigenvalue weighted by molar-refractivity contribution is 0.0689. The zero-order valence-corrected chi connectivity index (χ0v) is 11.1. The molecule has 0 aromatic heterocycles. The summed E-state index contributed by atoms with van der Waals surface area (Å²) >= 11 is 0. The molecule has 6 heteroatoms. The Bertz CT molecular complexity index is 656. The topological polar surface area (TPSA) is 55.8 Å². The zero-order chi connectivity index (χ0) is 15.4. The Morgan fingerprint density at radius 2 is 1.86 bits per heavy atom. The smallest absolute Gasteiger partial charge is 0.338 e. The third-order valence-electron chi connectivity index (χ3n) is 2.79. The van der Waals surface area contributed by atoms with Crippen molar-refractivity contribution in [3.05, 3.63) is 59.2 Å². The van der Waals surface area contributed by atoms with Crippen molar-refractivity contribution in [1.29, 1.82) is 0 Å². The van der Waals surface area contributed by atoms with Gasteiger partial charge in [-0.1, -0.05) is 30.3 Å². The van der Waals surface area contributed by atoms with Gasteiger partial charge in [0.05, 0.1) is 7.11 Å². The minimum atomic E-state index is -1.58. The van der Waals surface area contributed by atoms with Gasteiger partial charge < -0.3 is 14.6 Å². The summed E-state index contributed by atoms with van der Waals surface area (Å²) in [5.41, 5.74) is -0.0866. The highest BCUT2D eigenvalue weighted by Crippen LogP contribution is 2.35. The number of hydrogen-bond donors (Lipinski definition) is 1. The summed E-state index contributed by atoms with van der Waals surface area (Å²) in [6.45, 7) is -0.0450. The van der Waals surface area contributed by atoms with E-state index in [2.05, 4.69) is 0 Å². The number of aromatic carboxylic acids is 1. The van der Waals surface area contributed by atoms with Gasteiger partial charge in [0, 0.05) is 0 Å². The molecule has 0 saturated heterocycles. The van der Waals surface area contributed by atoms with Crippen LogP contribution in [0.1, 0.15) is 15.9 Å². The second-order valence-corrected chi connectivity index (χ2v) is 4.16. The summed E-state index contributed by atoms with van der Waals surface area (Å²) in [5.74, 6) is -4.78. The minimum absolute atomic E-state index is 0.0450. The zero-order valence-electron chi connectivity index (χ0n) is 11.1. The maximum atomic E-state index is 14.1. The molecule has 4 nitrogen and oxygen atoms in total. The van der Waals surface area contributed by atoms with E-state index in [0.29, 0.717) is 6.07 Å². The Labute approximate surface area is 119 Å². The van der Waals surface area contributed by atoms with Crippen molar-refractivity contribution >= 4 is 5.97 Å². The number of ether oxygens (including phenoxy) is 2. The number of methoxy groups -OCH3 is 1. The summed E-state index contributed by atoms with van der Waals surface area (Å²) in [4.78, 5) is 10.9. The second-order valence-electron chi connectivity index (χ2n) is 4.16. The first-order chi connectivity index (χ1) is 10.0. The van der Waals surface area contributed by atoms with Gasteiger partial charge in [0.2, 0.25) is 5.75 Å². The van der Waals surface area contributed by atoms with Gasteiger partial charge in [0.1, 0.15) is 12.2 Å². The Morgan fingerprint density at radius 3 is 2.43 bits per heavy atom. The number of carbonyl (C=O) groups is 1. The molecular formula is C15H12F2O4. The number of benzene rings is 2.